The van der Waals surface area contributed by atoms with E-state index in [1.54, 1.807) is 0 Å². The molecule has 4 nitrogen and oxygen atoms in total. The van der Waals surface area contributed by atoms with Gasteiger partial charge in [-0.1, -0.05) is 0 Å². The maximum atomic E-state index is 10.4. The number of likely N-dealkylation sites (tertiary alicyclic amines) is 1. The molecular weight excluding hydrogens is 144 g/mol. The molecule has 1 saturated heterocycles. The van der Waals surface area contributed by atoms with Crippen LogP contribution in [0.25, 0.3) is 0 Å². The van der Waals surface area contributed by atoms with Gasteiger partial charge in [-0.25, -0.2) is 4.79 Å². The van der Waals surface area contributed by atoms with Crippen molar-refractivity contribution in [3.05, 3.63) is 0 Å². The van der Waals surface area contributed by atoms with Gasteiger partial charge in [0, 0.05) is 6.54 Å². The number of ether oxygens (including phenoxy) is 1. The number of nitrogens with zero attached hydrogens (tertiary/aromatic N) is 1. The number of piperidine rings is 1. The molecule has 0 unspecified atom stereocenters. The second-order valence-electron chi connectivity index (χ2n) is 2.96. The Morgan fingerprint density at radius 1 is 1.73 bits per heavy atom. The predicted octanol–water partition coefficient (Wildman–Crippen LogP) is 0.176. The van der Waals surface area contributed by atoms with Gasteiger partial charge in [0.25, 0.3) is 0 Å². The number of rotatable bonds is 1. The van der Waals surface area contributed by atoms with Crippen molar-refractivity contribution in [2.75, 3.05) is 20.1 Å². The summed E-state index contributed by atoms with van der Waals surface area (Å²) in [5.41, 5.74) is 4.89. The molecule has 0 aromatic carbocycles. The van der Waals surface area contributed by atoms with Gasteiger partial charge in [0.05, 0.1) is 0 Å². The highest BCUT2D eigenvalue weighted by Gasteiger charge is 2.19. The van der Waals surface area contributed by atoms with Crippen LogP contribution in [-0.4, -0.2) is 37.2 Å². The zero-order valence-electron chi connectivity index (χ0n) is 6.75. The lowest BCUT2D eigenvalue weighted by molar-refractivity contribution is 0.0565. The van der Waals surface area contributed by atoms with Gasteiger partial charge in [-0.15, -0.1) is 0 Å². The molecule has 0 bridgehead atoms. The smallest absolute Gasteiger partial charge is 0.404 e. The van der Waals surface area contributed by atoms with Gasteiger partial charge in [0.2, 0.25) is 0 Å². The summed E-state index contributed by atoms with van der Waals surface area (Å²) < 4.78 is 4.86. The van der Waals surface area contributed by atoms with Crippen molar-refractivity contribution in [3.8, 4) is 0 Å². The van der Waals surface area contributed by atoms with E-state index in [1.165, 1.54) is 0 Å². The Hall–Kier alpha value is -0.770. The van der Waals surface area contributed by atoms with Crippen LogP contribution in [0, 0.1) is 0 Å². The highest BCUT2D eigenvalue weighted by molar-refractivity contribution is 5.64. The number of hydrogen-bond acceptors (Lipinski definition) is 3. The van der Waals surface area contributed by atoms with E-state index >= 15 is 0 Å². The monoisotopic (exact) mass is 158 g/mol. The average molecular weight is 158 g/mol. The van der Waals surface area contributed by atoms with E-state index in [0.717, 1.165) is 25.9 Å². The van der Waals surface area contributed by atoms with Crippen LogP contribution in [0.3, 0.4) is 0 Å². The first-order valence-corrected chi connectivity index (χ1v) is 3.83. The van der Waals surface area contributed by atoms with Crippen molar-refractivity contribution in [2.45, 2.75) is 18.9 Å². The van der Waals surface area contributed by atoms with E-state index < -0.39 is 6.09 Å². The third-order valence-corrected chi connectivity index (χ3v) is 1.86. The highest BCUT2D eigenvalue weighted by atomic mass is 16.6. The molecule has 0 aromatic rings. The SMILES string of the molecule is CN1CCC[C@@H](OC(N)=O)C1. The number of hydrogen-bond donors (Lipinski definition) is 1. The number of likely N-dealkylation sites (N-methyl/N-ethyl adjacent to an activating group) is 1. The van der Waals surface area contributed by atoms with Crippen LogP contribution in [0.5, 0.6) is 0 Å². The average Bonchev–Trinajstić information content (AvgIpc) is 1.85. The molecule has 0 aromatic heterocycles. The lowest BCUT2D eigenvalue weighted by atomic mass is 10.1. The van der Waals surface area contributed by atoms with Crippen molar-refractivity contribution in [1.29, 1.82) is 0 Å². The lowest BCUT2D eigenvalue weighted by Gasteiger charge is -2.28. The largest absolute Gasteiger partial charge is 0.445 e. The zero-order valence-corrected chi connectivity index (χ0v) is 6.75. The zero-order chi connectivity index (χ0) is 8.27. The van der Waals surface area contributed by atoms with Crippen LogP contribution in [0.1, 0.15) is 12.8 Å². The minimum atomic E-state index is -0.662. The predicted molar refractivity (Wildman–Crippen MR) is 41.2 cm³/mol. The summed E-state index contributed by atoms with van der Waals surface area (Å²) in [4.78, 5) is 12.5. The van der Waals surface area contributed by atoms with Crippen LogP contribution in [0.2, 0.25) is 0 Å². The first-order chi connectivity index (χ1) is 5.18. The molecule has 4 heteroatoms. The third-order valence-electron chi connectivity index (χ3n) is 1.86. The van der Waals surface area contributed by atoms with Gasteiger partial charge >= 0.3 is 6.09 Å². The van der Waals surface area contributed by atoms with Gasteiger partial charge in [0.15, 0.2) is 0 Å². The summed E-state index contributed by atoms with van der Waals surface area (Å²) in [6, 6.07) is 0. The molecule has 1 amide bonds. The molecule has 0 saturated carbocycles. The van der Waals surface area contributed by atoms with E-state index in [4.69, 9.17) is 10.5 Å². The molecule has 0 radical (unpaired) electrons. The van der Waals surface area contributed by atoms with Crippen molar-refractivity contribution in [3.63, 3.8) is 0 Å². The van der Waals surface area contributed by atoms with Gasteiger partial charge in [-0.05, 0) is 26.4 Å². The standard InChI is InChI=1S/C7H14N2O2/c1-9-4-2-3-6(5-9)11-7(8)10/h6H,2-5H2,1H3,(H2,8,10)/t6-/m1/s1. The van der Waals surface area contributed by atoms with Gasteiger partial charge in [-0.3, -0.25) is 0 Å². The van der Waals surface area contributed by atoms with Gasteiger partial charge in [-0.2, -0.15) is 0 Å². The summed E-state index contributed by atoms with van der Waals surface area (Å²) in [6.07, 6.45) is 1.36. The Bertz CT molecular complexity index is 149. The van der Waals surface area contributed by atoms with Gasteiger partial charge in [0.1, 0.15) is 6.10 Å². The Morgan fingerprint density at radius 3 is 3.00 bits per heavy atom. The third kappa shape index (κ3) is 2.76. The number of primary amides is 1. The fourth-order valence-corrected chi connectivity index (χ4v) is 1.38. The fourth-order valence-electron chi connectivity index (χ4n) is 1.38. The molecular formula is C7H14N2O2. The minimum Gasteiger partial charge on any atom is -0.445 e. The van der Waals surface area contributed by atoms with Crippen molar-refractivity contribution < 1.29 is 9.53 Å². The maximum Gasteiger partial charge on any atom is 0.404 e. The second-order valence-corrected chi connectivity index (χ2v) is 2.96. The van der Waals surface area contributed by atoms with Crippen LogP contribution < -0.4 is 5.73 Å². The molecule has 1 heterocycles. The van der Waals surface area contributed by atoms with Crippen LogP contribution >= 0.6 is 0 Å². The van der Waals surface area contributed by atoms with Crippen molar-refractivity contribution >= 4 is 6.09 Å². The molecule has 1 aliphatic heterocycles. The summed E-state index contributed by atoms with van der Waals surface area (Å²) in [5, 5.41) is 0. The topological polar surface area (TPSA) is 55.6 Å². The lowest BCUT2D eigenvalue weighted by Crippen LogP contribution is -2.39. The summed E-state index contributed by atoms with van der Waals surface area (Å²) in [6.45, 7) is 1.89. The molecule has 1 fully saturated rings. The molecule has 0 aliphatic carbocycles. The summed E-state index contributed by atoms with van der Waals surface area (Å²) in [7, 11) is 2.01. The first-order valence-electron chi connectivity index (χ1n) is 3.83. The molecule has 1 aliphatic rings. The highest BCUT2D eigenvalue weighted by Crippen LogP contribution is 2.10. The number of amides is 1. The summed E-state index contributed by atoms with van der Waals surface area (Å²) >= 11 is 0. The van der Waals surface area contributed by atoms with Crippen LogP contribution in [-0.2, 0) is 4.74 Å². The molecule has 11 heavy (non-hydrogen) atoms. The number of nitrogens with two attached hydrogens (primary N) is 1. The Balaban J connectivity index is 2.28. The molecule has 1 rings (SSSR count). The number of carbonyl (C=O) groups excluding carboxylic acids is 1. The van der Waals surface area contributed by atoms with E-state index in [9.17, 15) is 4.79 Å². The van der Waals surface area contributed by atoms with Crippen molar-refractivity contribution in [2.24, 2.45) is 5.73 Å². The summed E-state index contributed by atoms with van der Waals surface area (Å²) in [5.74, 6) is 0. The molecule has 64 valence electrons. The number of carbonyl (C=O) groups is 1. The fraction of sp³-hybridized carbons (Fsp3) is 0.857. The molecule has 2 N–H and O–H groups in total. The van der Waals surface area contributed by atoms with Gasteiger partial charge < -0.3 is 15.4 Å². The molecule has 1 atom stereocenters. The Labute approximate surface area is 66.3 Å². The maximum absolute atomic E-state index is 10.4. The van der Waals surface area contributed by atoms with Crippen molar-refractivity contribution in [1.82, 2.24) is 4.90 Å². The Kier molecular flexibility index (Phi) is 2.70. The first kappa shape index (κ1) is 8.33. The van der Waals surface area contributed by atoms with Crippen LogP contribution in [0.4, 0.5) is 4.79 Å². The van der Waals surface area contributed by atoms with Crippen LogP contribution in [0.15, 0.2) is 0 Å². The minimum absolute atomic E-state index is 0.00579. The quantitative estimate of drug-likeness (QED) is 0.592. The second kappa shape index (κ2) is 3.57. The van der Waals surface area contributed by atoms with E-state index in [2.05, 4.69) is 4.90 Å². The normalized spacial score (nSPS) is 26.5. The van der Waals surface area contributed by atoms with E-state index in [0.29, 0.717) is 0 Å². The Morgan fingerprint density at radius 2 is 2.45 bits per heavy atom. The van der Waals surface area contributed by atoms with E-state index in [1.807, 2.05) is 7.05 Å². The molecule has 0 spiro atoms. The van der Waals surface area contributed by atoms with E-state index in [-0.39, 0.29) is 6.10 Å².